The third-order valence-corrected chi connectivity index (χ3v) is 2.92. The largest absolute Gasteiger partial charge is 0.335 e. The van der Waals surface area contributed by atoms with E-state index in [1.807, 2.05) is 5.32 Å². The van der Waals surface area contributed by atoms with Crippen LogP contribution in [0.1, 0.15) is 19.8 Å². The standard InChI is InChI=1S/C11H14N4O5/c1-2-14-8(17)9(18)15(11(14)20)5-7(16)13-10(19)12-6-3-4-6/h6H,2-5H2,1H3,(H2,12,13,16,19). The van der Waals surface area contributed by atoms with E-state index in [2.05, 4.69) is 5.32 Å². The van der Waals surface area contributed by atoms with E-state index in [0.29, 0.717) is 4.90 Å². The van der Waals surface area contributed by atoms with E-state index in [9.17, 15) is 24.0 Å². The summed E-state index contributed by atoms with van der Waals surface area (Å²) in [5.41, 5.74) is 0. The predicted molar refractivity (Wildman–Crippen MR) is 64.2 cm³/mol. The zero-order valence-electron chi connectivity index (χ0n) is 10.8. The van der Waals surface area contributed by atoms with Gasteiger partial charge in [-0.2, -0.15) is 0 Å². The Balaban J connectivity index is 1.90. The van der Waals surface area contributed by atoms with Gasteiger partial charge in [0.15, 0.2) is 0 Å². The molecule has 0 spiro atoms. The maximum atomic E-state index is 11.7. The third kappa shape index (κ3) is 2.76. The van der Waals surface area contributed by atoms with Gasteiger partial charge in [0.05, 0.1) is 0 Å². The molecule has 0 unspecified atom stereocenters. The van der Waals surface area contributed by atoms with Crippen LogP contribution in [0.5, 0.6) is 0 Å². The number of hydrogen-bond acceptors (Lipinski definition) is 5. The SMILES string of the molecule is CCN1C(=O)C(=O)N(CC(=O)NC(=O)NC2CC2)C1=O. The second-order valence-corrected chi connectivity index (χ2v) is 4.52. The van der Waals surface area contributed by atoms with Gasteiger partial charge < -0.3 is 5.32 Å². The number of urea groups is 2. The summed E-state index contributed by atoms with van der Waals surface area (Å²) in [5.74, 6) is -2.85. The number of carbonyl (C=O) groups excluding carboxylic acids is 5. The van der Waals surface area contributed by atoms with Crippen molar-refractivity contribution in [3.63, 3.8) is 0 Å². The summed E-state index contributed by atoms with van der Waals surface area (Å²) in [7, 11) is 0. The van der Waals surface area contributed by atoms with Crippen LogP contribution in [-0.4, -0.2) is 58.7 Å². The molecular weight excluding hydrogens is 268 g/mol. The summed E-state index contributed by atoms with van der Waals surface area (Å²) in [6.45, 7) is 0.928. The summed E-state index contributed by atoms with van der Waals surface area (Å²) in [4.78, 5) is 58.8. The highest BCUT2D eigenvalue weighted by Crippen LogP contribution is 2.18. The number of carbonyl (C=O) groups is 5. The minimum Gasteiger partial charge on any atom is -0.335 e. The Morgan fingerprint density at radius 3 is 2.25 bits per heavy atom. The zero-order valence-corrected chi connectivity index (χ0v) is 10.8. The quantitative estimate of drug-likeness (QED) is 0.495. The van der Waals surface area contributed by atoms with Gasteiger partial charge in [-0.05, 0) is 19.8 Å². The number of imide groups is 3. The lowest BCUT2D eigenvalue weighted by Crippen LogP contribution is -2.46. The van der Waals surface area contributed by atoms with Crippen LogP contribution in [0.4, 0.5) is 9.59 Å². The number of hydrogen-bond donors (Lipinski definition) is 2. The average molecular weight is 282 g/mol. The fourth-order valence-electron chi connectivity index (χ4n) is 1.73. The first-order valence-corrected chi connectivity index (χ1v) is 6.21. The highest BCUT2D eigenvalue weighted by atomic mass is 16.2. The minimum absolute atomic E-state index is 0.0453. The van der Waals surface area contributed by atoms with E-state index >= 15 is 0 Å². The van der Waals surface area contributed by atoms with E-state index in [0.717, 1.165) is 17.7 Å². The molecule has 9 nitrogen and oxygen atoms in total. The van der Waals surface area contributed by atoms with Gasteiger partial charge in [0, 0.05) is 12.6 Å². The molecular formula is C11H14N4O5. The number of rotatable bonds is 4. The number of amides is 7. The molecule has 1 saturated heterocycles. The molecule has 2 rings (SSSR count). The Hall–Kier alpha value is -2.45. The maximum Gasteiger partial charge on any atom is 0.334 e. The normalized spacial score (nSPS) is 18.6. The van der Waals surface area contributed by atoms with Gasteiger partial charge in [-0.25, -0.2) is 14.5 Å². The van der Waals surface area contributed by atoms with Crippen LogP contribution in [0, 0.1) is 0 Å². The third-order valence-electron chi connectivity index (χ3n) is 2.92. The summed E-state index contributed by atoms with van der Waals surface area (Å²) in [6, 6.07) is -1.44. The molecule has 20 heavy (non-hydrogen) atoms. The first kappa shape index (κ1) is 14.0. The van der Waals surface area contributed by atoms with E-state index in [4.69, 9.17) is 0 Å². The van der Waals surface area contributed by atoms with Crippen LogP contribution in [0.3, 0.4) is 0 Å². The molecule has 1 aliphatic heterocycles. The van der Waals surface area contributed by atoms with E-state index < -0.39 is 36.3 Å². The lowest BCUT2D eigenvalue weighted by molar-refractivity contribution is -0.143. The molecule has 108 valence electrons. The van der Waals surface area contributed by atoms with E-state index in [1.165, 1.54) is 6.92 Å². The Morgan fingerprint density at radius 2 is 1.75 bits per heavy atom. The molecule has 1 saturated carbocycles. The van der Waals surface area contributed by atoms with Gasteiger partial charge in [-0.15, -0.1) is 0 Å². The molecule has 2 aliphatic rings. The van der Waals surface area contributed by atoms with Crippen LogP contribution in [0.15, 0.2) is 0 Å². The molecule has 9 heteroatoms. The number of nitrogens with one attached hydrogen (secondary N) is 2. The van der Waals surface area contributed by atoms with Crippen molar-refractivity contribution in [1.29, 1.82) is 0 Å². The van der Waals surface area contributed by atoms with Gasteiger partial charge in [-0.1, -0.05) is 0 Å². The predicted octanol–water partition coefficient (Wildman–Crippen LogP) is -1.21. The molecule has 1 heterocycles. The first-order valence-electron chi connectivity index (χ1n) is 6.21. The lowest BCUT2D eigenvalue weighted by Gasteiger charge is -2.13. The topological polar surface area (TPSA) is 116 Å². The van der Waals surface area contributed by atoms with Crippen molar-refractivity contribution in [1.82, 2.24) is 20.4 Å². The number of likely N-dealkylation sites (N-methyl/N-ethyl adjacent to an activating group) is 1. The van der Waals surface area contributed by atoms with Crippen molar-refractivity contribution in [3.8, 4) is 0 Å². The Morgan fingerprint density at radius 1 is 1.15 bits per heavy atom. The van der Waals surface area contributed by atoms with Crippen LogP contribution < -0.4 is 10.6 Å². The molecule has 0 aromatic heterocycles. The van der Waals surface area contributed by atoms with Crippen molar-refractivity contribution >= 4 is 29.8 Å². The van der Waals surface area contributed by atoms with Gasteiger partial charge in [0.1, 0.15) is 6.54 Å². The van der Waals surface area contributed by atoms with Crippen molar-refractivity contribution < 1.29 is 24.0 Å². The second-order valence-electron chi connectivity index (χ2n) is 4.52. The van der Waals surface area contributed by atoms with E-state index in [1.54, 1.807) is 0 Å². The fourth-order valence-corrected chi connectivity index (χ4v) is 1.73. The average Bonchev–Trinajstić information content (AvgIpc) is 3.15. The highest BCUT2D eigenvalue weighted by Gasteiger charge is 2.44. The summed E-state index contributed by atoms with van der Waals surface area (Å²) in [5, 5.41) is 4.53. The molecule has 2 N–H and O–H groups in total. The number of nitrogens with zero attached hydrogens (tertiary/aromatic N) is 2. The molecule has 1 aliphatic carbocycles. The van der Waals surface area contributed by atoms with Gasteiger partial charge in [0.25, 0.3) is 0 Å². The summed E-state index contributed by atoms with van der Waals surface area (Å²) >= 11 is 0. The molecule has 0 radical (unpaired) electrons. The molecule has 0 bridgehead atoms. The van der Waals surface area contributed by atoms with Gasteiger partial charge in [-0.3, -0.25) is 24.6 Å². The van der Waals surface area contributed by atoms with Crippen LogP contribution in [0.25, 0.3) is 0 Å². The zero-order chi connectivity index (χ0) is 14.9. The summed E-state index contributed by atoms with van der Waals surface area (Å²) in [6.07, 6.45) is 1.73. The highest BCUT2D eigenvalue weighted by molar-refractivity contribution is 6.45. The molecule has 2 fully saturated rings. The van der Waals surface area contributed by atoms with Gasteiger partial charge >= 0.3 is 23.9 Å². The second kappa shape index (κ2) is 5.27. The lowest BCUT2D eigenvalue weighted by atomic mass is 10.4. The fraction of sp³-hybridized carbons (Fsp3) is 0.545. The monoisotopic (exact) mass is 282 g/mol. The molecule has 0 atom stereocenters. The summed E-state index contributed by atoms with van der Waals surface area (Å²) < 4.78 is 0. The van der Waals surface area contributed by atoms with Crippen LogP contribution in [-0.2, 0) is 14.4 Å². The van der Waals surface area contributed by atoms with Crippen molar-refractivity contribution in [2.45, 2.75) is 25.8 Å². The maximum absolute atomic E-state index is 11.7. The molecule has 0 aromatic carbocycles. The van der Waals surface area contributed by atoms with Crippen LogP contribution >= 0.6 is 0 Å². The van der Waals surface area contributed by atoms with E-state index in [-0.39, 0.29) is 12.6 Å². The first-order chi connectivity index (χ1) is 9.43. The van der Waals surface area contributed by atoms with Crippen molar-refractivity contribution in [2.75, 3.05) is 13.1 Å². The Kier molecular flexibility index (Phi) is 3.68. The minimum atomic E-state index is -1.06. The molecule has 7 amide bonds. The Bertz CT molecular complexity index is 499. The molecule has 0 aromatic rings. The smallest absolute Gasteiger partial charge is 0.334 e. The Labute approximate surface area is 114 Å². The van der Waals surface area contributed by atoms with Crippen LogP contribution in [0.2, 0.25) is 0 Å². The van der Waals surface area contributed by atoms with Gasteiger partial charge in [0.2, 0.25) is 5.91 Å². The van der Waals surface area contributed by atoms with Crippen molar-refractivity contribution in [2.24, 2.45) is 0 Å². The van der Waals surface area contributed by atoms with Crippen molar-refractivity contribution in [3.05, 3.63) is 0 Å².